The molecule has 1 aliphatic heterocycles. The summed E-state index contributed by atoms with van der Waals surface area (Å²) in [4.78, 5) is 13.9. The summed E-state index contributed by atoms with van der Waals surface area (Å²) in [6, 6.07) is 0.0549. The van der Waals surface area contributed by atoms with Crippen molar-refractivity contribution in [2.75, 3.05) is 19.6 Å². The van der Waals surface area contributed by atoms with E-state index < -0.39 is 0 Å². The second kappa shape index (κ2) is 6.41. The zero-order valence-electron chi connectivity index (χ0n) is 11.4. The van der Waals surface area contributed by atoms with E-state index in [0.29, 0.717) is 12.5 Å². The fourth-order valence-corrected chi connectivity index (χ4v) is 3.13. The van der Waals surface area contributed by atoms with Crippen molar-refractivity contribution in [1.29, 1.82) is 0 Å². The molecule has 4 heteroatoms. The smallest absolute Gasteiger partial charge is 0.317 e. The Labute approximate surface area is 110 Å². The molecular weight excluding hydrogens is 228 g/mol. The molecule has 1 heterocycles. The number of aliphatic hydroxyl groups is 1. The van der Waals surface area contributed by atoms with Gasteiger partial charge in [0.2, 0.25) is 0 Å². The largest absolute Gasteiger partial charge is 0.393 e. The Kier molecular flexibility index (Phi) is 4.87. The minimum absolute atomic E-state index is 0.0549. The van der Waals surface area contributed by atoms with Crippen molar-refractivity contribution in [3.63, 3.8) is 0 Å². The normalized spacial score (nSPS) is 33.2. The van der Waals surface area contributed by atoms with Gasteiger partial charge >= 0.3 is 6.03 Å². The second-order valence-electron chi connectivity index (χ2n) is 5.99. The van der Waals surface area contributed by atoms with Crippen LogP contribution in [0, 0.1) is 11.8 Å². The van der Waals surface area contributed by atoms with E-state index in [4.69, 9.17) is 0 Å². The lowest BCUT2D eigenvalue weighted by Gasteiger charge is -2.32. The number of nitrogens with one attached hydrogen (secondary N) is 1. The lowest BCUT2D eigenvalue weighted by molar-refractivity contribution is 0.0694. The first-order chi connectivity index (χ1) is 8.66. The average molecular weight is 254 g/mol. The molecule has 104 valence electrons. The number of carbonyl (C=O) groups is 1. The monoisotopic (exact) mass is 254 g/mol. The molecule has 0 aromatic rings. The van der Waals surface area contributed by atoms with Crippen molar-refractivity contribution in [2.45, 2.75) is 51.6 Å². The van der Waals surface area contributed by atoms with E-state index in [1.165, 1.54) is 12.8 Å². The Morgan fingerprint density at radius 1 is 1.28 bits per heavy atom. The molecule has 2 amide bonds. The number of nitrogens with zero attached hydrogens (tertiary/aromatic N) is 1. The number of amides is 2. The quantitative estimate of drug-likeness (QED) is 0.791. The molecule has 1 saturated heterocycles. The number of piperidine rings is 1. The molecule has 2 fully saturated rings. The van der Waals surface area contributed by atoms with Crippen molar-refractivity contribution < 1.29 is 9.90 Å². The Bertz CT molecular complexity index is 283. The fourth-order valence-electron chi connectivity index (χ4n) is 3.13. The predicted molar refractivity (Wildman–Crippen MR) is 71.3 cm³/mol. The van der Waals surface area contributed by atoms with E-state index in [9.17, 15) is 9.90 Å². The van der Waals surface area contributed by atoms with Crippen LogP contribution in [0.1, 0.15) is 45.4 Å². The molecular formula is C14H26N2O2. The summed E-state index contributed by atoms with van der Waals surface area (Å²) < 4.78 is 0. The highest BCUT2D eigenvalue weighted by atomic mass is 16.3. The molecule has 0 spiro atoms. The maximum atomic E-state index is 12.0. The van der Waals surface area contributed by atoms with E-state index in [1.54, 1.807) is 0 Å². The van der Waals surface area contributed by atoms with E-state index in [2.05, 4.69) is 12.2 Å². The van der Waals surface area contributed by atoms with Crippen molar-refractivity contribution in [1.82, 2.24) is 10.2 Å². The van der Waals surface area contributed by atoms with Crippen molar-refractivity contribution in [2.24, 2.45) is 11.8 Å². The van der Waals surface area contributed by atoms with Gasteiger partial charge in [0.05, 0.1) is 6.10 Å². The van der Waals surface area contributed by atoms with Crippen LogP contribution >= 0.6 is 0 Å². The Morgan fingerprint density at radius 2 is 2.06 bits per heavy atom. The van der Waals surface area contributed by atoms with Gasteiger partial charge in [-0.1, -0.05) is 19.8 Å². The first kappa shape index (κ1) is 13.7. The van der Waals surface area contributed by atoms with E-state index >= 15 is 0 Å². The molecule has 18 heavy (non-hydrogen) atoms. The van der Waals surface area contributed by atoms with Gasteiger partial charge in [0, 0.05) is 25.6 Å². The fraction of sp³-hybridized carbons (Fsp3) is 0.929. The molecule has 2 rings (SSSR count). The first-order valence-corrected chi connectivity index (χ1v) is 7.37. The third-order valence-corrected chi connectivity index (χ3v) is 4.33. The van der Waals surface area contributed by atoms with Crippen LogP contribution in [-0.4, -0.2) is 41.8 Å². The van der Waals surface area contributed by atoms with Gasteiger partial charge in [-0.15, -0.1) is 0 Å². The summed E-state index contributed by atoms with van der Waals surface area (Å²) in [5.74, 6) is 0.870. The van der Waals surface area contributed by atoms with Crippen LogP contribution in [0.5, 0.6) is 0 Å². The van der Waals surface area contributed by atoms with Crippen LogP contribution in [0.25, 0.3) is 0 Å². The van der Waals surface area contributed by atoms with Crippen molar-refractivity contribution >= 4 is 6.03 Å². The summed E-state index contributed by atoms with van der Waals surface area (Å²) in [5.41, 5.74) is 0. The summed E-state index contributed by atoms with van der Waals surface area (Å²) in [5, 5.41) is 12.9. The molecule has 0 aromatic heterocycles. The molecule has 3 atom stereocenters. The maximum absolute atomic E-state index is 12.0. The summed E-state index contributed by atoms with van der Waals surface area (Å²) in [6.45, 7) is 4.58. The summed E-state index contributed by atoms with van der Waals surface area (Å²) >= 11 is 0. The first-order valence-electron chi connectivity index (χ1n) is 7.37. The molecule has 1 aliphatic carbocycles. The zero-order chi connectivity index (χ0) is 13.0. The lowest BCUT2D eigenvalue weighted by atomic mass is 9.86. The zero-order valence-corrected chi connectivity index (χ0v) is 11.4. The maximum Gasteiger partial charge on any atom is 0.317 e. The van der Waals surface area contributed by atoms with E-state index in [-0.39, 0.29) is 18.1 Å². The molecule has 4 nitrogen and oxygen atoms in total. The van der Waals surface area contributed by atoms with E-state index in [0.717, 1.165) is 38.8 Å². The van der Waals surface area contributed by atoms with Crippen LogP contribution in [0.3, 0.4) is 0 Å². The number of hydrogen-bond acceptors (Lipinski definition) is 2. The van der Waals surface area contributed by atoms with Gasteiger partial charge in [0.25, 0.3) is 0 Å². The SMILES string of the molecule is CC1CCCN(C(=O)NCC2CCCCC2O)C1. The minimum atomic E-state index is -0.223. The van der Waals surface area contributed by atoms with Crippen LogP contribution in [-0.2, 0) is 0 Å². The number of aliphatic hydroxyl groups excluding tert-OH is 1. The highest BCUT2D eigenvalue weighted by Crippen LogP contribution is 2.23. The van der Waals surface area contributed by atoms with E-state index in [1.807, 2.05) is 4.90 Å². The number of hydrogen-bond donors (Lipinski definition) is 2. The standard InChI is InChI=1S/C14H26N2O2/c1-11-5-4-8-16(10-11)14(18)15-9-12-6-2-3-7-13(12)17/h11-13,17H,2-10H2,1H3,(H,15,18). The number of rotatable bonds is 2. The Morgan fingerprint density at radius 3 is 2.78 bits per heavy atom. The molecule has 2 aliphatic rings. The van der Waals surface area contributed by atoms with Gasteiger partial charge in [-0.05, 0) is 31.6 Å². The van der Waals surface area contributed by atoms with Gasteiger partial charge in [0.15, 0.2) is 0 Å². The Hall–Kier alpha value is -0.770. The van der Waals surface area contributed by atoms with Gasteiger partial charge in [-0.2, -0.15) is 0 Å². The minimum Gasteiger partial charge on any atom is -0.393 e. The van der Waals surface area contributed by atoms with Gasteiger partial charge in [0.1, 0.15) is 0 Å². The van der Waals surface area contributed by atoms with Gasteiger partial charge in [-0.25, -0.2) is 4.79 Å². The lowest BCUT2D eigenvalue weighted by Crippen LogP contribution is -2.47. The number of likely N-dealkylation sites (tertiary alicyclic amines) is 1. The van der Waals surface area contributed by atoms with Crippen LogP contribution in [0.2, 0.25) is 0 Å². The molecule has 3 unspecified atom stereocenters. The third-order valence-electron chi connectivity index (χ3n) is 4.33. The van der Waals surface area contributed by atoms with Crippen LogP contribution in [0.4, 0.5) is 4.79 Å². The molecule has 0 bridgehead atoms. The number of urea groups is 1. The highest BCUT2D eigenvalue weighted by molar-refractivity contribution is 5.74. The van der Waals surface area contributed by atoms with Gasteiger partial charge < -0.3 is 15.3 Å². The molecule has 0 aromatic carbocycles. The molecule has 1 saturated carbocycles. The van der Waals surface area contributed by atoms with Crippen LogP contribution in [0.15, 0.2) is 0 Å². The second-order valence-corrected chi connectivity index (χ2v) is 5.99. The third kappa shape index (κ3) is 3.61. The van der Waals surface area contributed by atoms with Gasteiger partial charge in [-0.3, -0.25) is 0 Å². The summed E-state index contributed by atoms with van der Waals surface area (Å²) in [6.07, 6.45) is 6.35. The molecule has 0 radical (unpaired) electrons. The summed E-state index contributed by atoms with van der Waals surface area (Å²) in [7, 11) is 0. The highest BCUT2D eigenvalue weighted by Gasteiger charge is 2.25. The average Bonchev–Trinajstić information content (AvgIpc) is 2.37. The van der Waals surface area contributed by atoms with Crippen molar-refractivity contribution in [3.8, 4) is 0 Å². The van der Waals surface area contributed by atoms with Crippen molar-refractivity contribution in [3.05, 3.63) is 0 Å². The topological polar surface area (TPSA) is 52.6 Å². The molecule has 2 N–H and O–H groups in total. The number of carbonyl (C=O) groups excluding carboxylic acids is 1. The Balaban J connectivity index is 1.73. The predicted octanol–water partition coefficient (Wildman–Crippen LogP) is 1.98. The van der Waals surface area contributed by atoms with Crippen LogP contribution < -0.4 is 5.32 Å².